The first-order chi connectivity index (χ1) is 23.5. The minimum atomic E-state index is -4.39. The van der Waals surface area contributed by atoms with Gasteiger partial charge in [-0.25, -0.2) is 9.37 Å². The molecule has 11 heteroatoms. The Balaban J connectivity index is 1.59. The van der Waals surface area contributed by atoms with Crippen LogP contribution in [0, 0.1) is 0 Å². The van der Waals surface area contributed by atoms with E-state index in [0.29, 0.717) is 40.2 Å². The van der Waals surface area contributed by atoms with E-state index >= 15 is 0 Å². The molecule has 0 atom stereocenters. The summed E-state index contributed by atoms with van der Waals surface area (Å²) in [6.45, 7) is 12.4. The van der Waals surface area contributed by atoms with Crippen LogP contribution >= 0.6 is 23.2 Å². The number of hydrogen-bond donors (Lipinski definition) is 2. The molecule has 5 aliphatic rings. The molecule has 0 unspecified atom stereocenters. The molecule has 0 radical (unpaired) electrons. The number of hydrogen-bond acceptors (Lipinski definition) is 5. The number of halogens is 2. The third kappa shape index (κ3) is 4.91. The quantitative estimate of drug-likeness (QED) is 0.170. The SMILES string of the molecule is CCC1=CC(C)(C)[N+]2=c3c1cc1c(c3CCC2)Oc2c(cc3c4c2CCCN4C(C)(C)C=C3CS(=O)(=O)O)C=1c1c(Cl)ccc(Cl)c1C(=O)O. The van der Waals surface area contributed by atoms with Gasteiger partial charge in [0.25, 0.3) is 10.1 Å². The lowest BCUT2D eigenvalue weighted by Gasteiger charge is -2.47. The summed E-state index contributed by atoms with van der Waals surface area (Å²) in [6.07, 6.45) is 8.25. The molecule has 0 bridgehead atoms. The number of rotatable bonds is 5. The number of carboxylic acids is 1. The minimum absolute atomic E-state index is 0.0551. The third-order valence-corrected chi connectivity index (χ3v) is 12.3. The van der Waals surface area contributed by atoms with Gasteiger partial charge in [0.2, 0.25) is 5.36 Å². The van der Waals surface area contributed by atoms with Crippen molar-refractivity contribution in [3.05, 3.63) is 96.0 Å². The van der Waals surface area contributed by atoms with E-state index in [1.807, 2.05) is 26.0 Å². The van der Waals surface area contributed by atoms with Crippen molar-refractivity contribution in [1.29, 1.82) is 0 Å². The molecule has 0 fully saturated rings. The van der Waals surface area contributed by atoms with Gasteiger partial charge in [-0.3, -0.25) is 4.55 Å². The van der Waals surface area contributed by atoms with Gasteiger partial charge in [0.05, 0.1) is 32.9 Å². The molecular weight excluding hydrogens is 695 g/mol. The standard InChI is InChI=1S/C39H38Cl2N2O6S/c1-6-20-17-38(2,3)42-13-7-9-22-33(42)24(20)15-26-30(31-28(40)11-12-29(41)32(31)37(44)45)27-16-25-21(19-50(46,47)48)18-39(4,5)43-14-8-10-23(34(25)43)36(27)49-35(22)26/h11-12,15-18H,6-10,13-14,19H2,1-5H3,(H-,44,45,46,47,48)/p+1. The van der Waals surface area contributed by atoms with E-state index in [9.17, 15) is 22.9 Å². The number of anilines is 1. The molecule has 8 rings (SSSR count). The minimum Gasteiger partial charge on any atom is -0.478 e. The van der Waals surface area contributed by atoms with E-state index in [0.717, 1.165) is 71.7 Å². The number of fused-ring (bicyclic) bond motifs is 4. The van der Waals surface area contributed by atoms with Crippen LogP contribution in [0.5, 0.6) is 11.5 Å². The number of benzene rings is 3. The average molecular weight is 735 g/mol. The van der Waals surface area contributed by atoms with Gasteiger partial charge in [0.1, 0.15) is 23.8 Å². The molecular formula is C39H39Cl2N2O6S+. The molecule has 0 spiro atoms. The third-order valence-electron chi connectivity index (χ3n) is 11.0. The Labute approximate surface area is 301 Å². The molecule has 0 aliphatic carbocycles. The van der Waals surface area contributed by atoms with Crippen molar-refractivity contribution >= 4 is 61.7 Å². The van der Waals surface area contributed by atoms with Crippen LogP contribution < -0.4 is 24.8 Å². The van der Waals surface area contributed by atoms with Crippen molar-refractivity contribution in [3.63, 3.8) is 0 Å². The highest BCUT2D eigenvalue weighted by Crippen LogP contribution is 2.53. The van der Waals surface area contributed by atoms with Crippen molar-refractivity contribution in [2.45, 2.75) is 77.8 Å². The van der Waals surface area contributed by atoms with Crippen molar-refractivity contribution < 1.29 is 27.6 Å². The Morgan fingerprint density at radius 2 is 1.68 bits per heavy atom. The topological polar surface area (TPSA) is 107 Å². The summed E-state index contributed by atoms with van der Waals surface area (Å²) in [6, 6.07) is 7.13. The Morgan fingerprint density at radius 1 is 0.960 bits per heavy atom. The van der Waals surface area contributed by atoms with Crippen LogP contribution in [0.1, 0.15) is 97.6 Å². The second-order valence-corrected chi connectivity index (χ2v) is 17.3. The molecule has 0 saturated heterocycles. The first-order valence-corrected chi connectivity index (χ1v) is 19.5. The van der Waals surface area contributed by atoms with Crippen LogP contribution in [-0.4, -0.2) is 54.0 Å². The summed E-state index contributed by atoms with van der Waals surface area (Å²) >= 11 is 13.7. The van der Waals surface area contributed by atoms with Gasteiger partial charge in [0.15, 0.2) is 5.54 Å². The number of carbonyl (C=O) groups is 1. The van der Waals surface area contributed by atoms with Crippen molar-refractivity contribution in [1.82, 2.24) is 4.58 Å². The number of ether oxygens (including phenoxy) is 1. The Hall–Kier alpha value is -3.63. The first kappa shape index (κ1) is 33.5. The fraction of sp³-hybridized carbons (Fsp3) is 0.385. The largest absolute Gasteiger partial charge is 0.478 e. The summed E-state index contributed by atoms with van der Waals surface area (Å²) in [5, 5.41) is 12.8. The zero-order valence-corrected chi connectivity index (χ0v) is 31.0. The second kappa shape index (κ2) is 11.2. The summed E-state index contributed by atoms with van der Waals surface area (Å²) in [7, 11) is -4.39. The molecule has 3 aromatic rings. The highest BCUT2D eigenvalue weighted by atomic mass is 35.5. The fourth-order valence-electron chi connectivity index (χ4n) is 9.09. The van der Waals surface area contributed by atoms with Crippen LogP contribution in [0.2, 0.25) is 10.0 Å². The molecule has 5 heterocycles. The molecule has 0 amide bonds. The van der Waals surface area contributed by atoms with Gasteiger partial charge in [-0.05, 0) is 81.0 Å². The summed E-state index contributed by atoms with van der Waals surface area (Å²) < 4.78 is 44.6. The first-order valence-electron chi connectivity index (χ1n) is 17.1. The maximum atomic E-state index is 13.0. The van der Waals surface area contributed by atoms with Gasteiger partial charge in [0, 0.05) is 64.9 Å². The van der Waals surface area contributed by atoms with Crippen LogP contribution in [0.15, 0.2) is 36.4 Å². The zero-order chi connectivity index (χ0) is 35.7. The predicted molar refractivity (Wildman–Crippen MR) is 198 cm³/mol. The summed E-state index contributed by atoms with van der Waals surface area (Å²) in [5.41, 5.74) is 6.91. The molecule has 2 N–H and O–H groups in total. The van der Waals surface area contributed by atoms with Crippen LogP contribution in [-0.2, 0) is 23.0 Å². The van der Waals surface area contributed by atoms with E-state index in [2.05, 4.69) is 42.4 Å². The van der Waals surface area contributed by atoms with Gasteiger partial charge >= 0.3 is 5.97 Å². The van der Waals surface area contributed by atoms with E-state index in [4.69, 9.17) is 27.9 Å². The molecule has 50 heavy (non-hydrogen) atoms. The van der Waals surface area contributed by atoms with Gasteiger partial charge in [-0.15, -0.1) is 0 Å². The molecule has 0 aromatic heterocycles. The van der Waals surface area contributed by atoms with E-state index in [-0.39, 0.29) is 26.7 Å². The Bertz CT molecular complexity index is 2410. The Kier molecular flexibility index (Phi) is 7.50. The highest BCUT2D eigenvalue weighted by molar-refractivity contribution is 7.86. The lowest BCUT2D eigenvalue weighted by molar-refractivity contribution is 0.0696. The number of carboxylic acid groups (broad SMARTS) is 1. The normalized spacial score (nSPS) is 19.4. The maximum Gasteiger partial charge on any atom is 0.337 e. The summed E-state index contributed by atoms with van der Waals surface area (Å²) in [4.78, 5) is 15.3. The lowest BCUT2D eigenvalue weighted by Crippen LogP contribution is -2.53. The fourth-order valence-corrected chi connectivity index (χ4v) is 10.2. The van der Waals surface area contributed by atoms with Gasteiger partial charge in [-0.2, -0.15) is 8.42 Å². The monoisotopic (exact) mass is 733 g/mol. The molecule has 0 saturated carbocycles. The highest BCUT2D eigenvalue weighted by Gasteiger charge is 2.43. The molecule has 260 valence electrons. The molecule has 3 aromatic carbocycles. The average Bonchev–Trinajstić information content (AvgIpc) is 3.04. The van der Waals surface area contributed by atoms with Crippen molar-refractivity contribution in [3.8, 4) is 11.5 Å². The van der Waals surface area contributed by atoms with Crippen LogP contribution in [0.4, 0.5) is 5.69 Å². The van der Waals surface area contributed by atoms with Gasteiger partial charge < -0.3 is 14.7 Å². The Morgan fingerprint density at radius 3 is 2.38 bits per heavy atom. The van der Waals surface area contributed by atoms with Crippen molar-refractivity contribution in [2.75, 3.05) is 23.7 Å². The smallest absolute Gasteiger partial charge is 0.337 e. The molecule has 5 aliphatic heterocycles. The zero-order valence-electron chi connectivity index (χ0n) is 28.7. The van der Waals surface area contributed by atoms with Gasteiger partial charge in [-0.1, -0.05) is 36.2 Å². The van der Waals surface area contributed by atoms with E-state index in [1.165, 1.54) is 11.6 Å². The lowest BCUT2D eigenvalue weighted by atomic mass is 9.78. The van der Waals surface area contributed by atoms with Crippen LogP contribution in [0.3, 0.4) is 0 Å². The van der Waals surface area contributed by atoms with Crippen LogP contribution in [0.25, 0.3) is 16.7 Å². The van der Waals surface area contributed by atoms with E-state index in [1.54, 1.807) is 6.07 Å². The number of aromatic carboxylic acids is 1. The summed E-state index contributed by atoms with van der Waals surface area (Å²) in [5.74, 6) is -0.472. The second-order valence-electron chi connectivity index (χ2n) is 15.1. The predicted octanol–water partition coefficient (Wildman–Crippen LogP) is 6.88. The van der Waals surface area contributed by atoms with Crippen molar-refractivity contribution in [2.24, 2.45) is 0 Å². The molecule has 8 nitrogen and oxygen atoms in total. The maximum absolute atomic E-state index is 13.0. The van der Waals surface area contributed by atoms with E-state index < -0.39 is 27.4 Å². The number of nitrogens with zero attached hydrogens (tertiary/aromatic N) is 2. The number of allylic oxidation sites excluding steroid dienone is 1.